The van der Waals surface area contributed by atoms with Crippen molar-refractivity contribution in [2.45, 2.75) is 32.1 Å². The van der Waals surface area contributed by atoms with Gasteiger partial charge in [0, 0.05) is 6.07 Å². The van der Waals surface area contributed by atoms with Crippen LogP contribution < -0.4 is 10.1 Å². The second-order valence-electron chi connectivity index (χ2n) is 5.53. The SMILES string of the molecule is O=C(NCS(=O)[O-])c1cc(Cl)c(OCC2CCCCC2)cc1F. The molecule has 1 unspecified atom stereocenters. The van der Waals surface area contributed by atoms with Crippen molar-refractivity contribution in [1.29, 1.82) is 0 Å². The molecule has 1 N–H and O–H groups in total. The number of ether oxygens (including phenoxy) is 1. The molecule has 1 fully saturated rings. The number of nitrogens with one attached hydrogen (secondary N) is 1. The van der Waals surface area contributed by atoms with Crippen LogP contribution in [0.3, 0.4) is 0 Å². The molecule has 0 aliphatic heterocycles. The van der Waals surface area contributed by atoms with E-state index in [1.165, 1.54) is 19.3 Å². The van der Waals surface area contributed by atoms with Gasteiger partial charge in [-0.25, -0.2) is 4.39 Å². The minimum Gasteiger partial charge on any atom is -0.771 e. The Morgan fingerprint density at radius 2 is 2.09 bits per heavy atom. The number of hydrogen-bond donors (Lipinski definition) is 1. The monoisotopic (exact) mass is 362 g/mol. The number of carbonyl (C=O) groups excluding carboxylic acids is 1. The van der Waals surface area contributed by atoms with Gasteiger partial charge in [0.05, 0.1) is 23.1 Å². The summed E-state index contributed by atoms with van der Waals surface area (Å²) in [5.74, 6) is -1.60. The Balaban J connectivity index is 2.01. The van der Waals surface area contributed by atoms with Crippen molar-refractivity contribution in [2.24, 2.45) is 5.92 Å². The zero-order valence-corrected chi connectivity index (χ0v) is 14.1. The van der Waals surface area contributed by atoms with Crippen molar-refractivity contribution in [1.82, 2.24) is 5.32 Å². The Morgan fingerprint density at radius 1 is 1.39 bits per heavy atom. The molecule has 0 saturated heterocycles. The predicted molar refractivity (Wildman–Crippen MR) is 84.7 cm³/mol. The highest BCUT2D eigenvalue weighted by atomic mass is 35.5. The van der Waals surface area contributed by atoms with E-state index < -0.39 is 28.7 Å². The molecule has 1 atom stereocenters. The lowest BCUT2D eigenvalue weighted by Crippen LogP contribution is -2.27. The predicted octanol–water partition coefficient (Wildman–Crippen LogP) is 3.00. The molecule has 1 amide bonds. The van der Waals surface area contributed by atoms with Gasteiger partial charge in [-0.2, -0.15) is 0 Å². The van der Waals surface area contributed by atoms with Crippen LogP contribution in [0, 0.1) is 11.7 Å². The molecule has 0 radical (unpaired) electrons. The quantitative estimate of drug-likeness (QED) is 0.789. The van der Waals surface area contributed by atoms with Gasteiger partial charge in [0.25, 0.3) is 5.91 Å². The van der Waals surface area contributed by atoms with E-state index in [0.717, 1.165) is 25.0 Å². The Labute approximate surface area is 141 Å². The van der Waals surface area contributed by atoms with Crippen molar-refractivity contribution < 1.29 is 22.7 Å². The number of amides is 1. The van der Waals surface area contributed by atoms with E-state index in [1.54, 1.807) is 0 Å². The minimum absolute atomic E-state index is 0.121. The Bertz CT molecular complexity index is 593. The van der Waals surface area contributed by atoms with Gasteiger partial charge in [-0.05, 0) is 35.9 Å². The highest BCUT2D eigenvalue weighted by Gasteiger charge is 2.18. The number of hydrogen-bond acceptors (Lipinski definition) is 4. The summed E-state index contributed by atoms with van der Waals surface area (Å²) >= 11 is 3.59. The third-order valence-electron chi connectivity index (χ3n) is 3.82. The van der Waals surface area contributed by atoms with Gasteiger partial charge in [0.15, 0.2) is 0 Å². The summed E-state index contributed by atoms with van der Waals surface area (Å²) in [5, 5.41) is 2.20. The number of halogens is 2. The molecule has 0 spiro atoms. The summed E-state index contributed by atoms with van der Waals surface area (Å²) in [7, 11) is 0. The number of benzene rings is 1. The van der Waals surface area contributed by atoms with Crippen molar-refractivity contribution in [3.8, 4) is 5.75 Å². The van der Waals surface area contributed by atoms with E-state index in [4.69, 9.17) is 16.3 Å². The molecule has 1 aliphatic carbocycles. The molecule has 0 heterocycles. The van der Waals surface area contributed by atoms with Crippen LogP contribution in [0.2, 0.25) is 5.02 Å². The van der Waals surface area contributed by atoms with Gasteiger partial charge in [0.2, 0.25) is 0 Å². The van der Waals surface area contributed by atoms with E-state index in [1.807, 2.05) is 0 Å². The molecule has 5 nitrogen and oxygen atoms in total. The van der Waals surface area contributed by atoms with Crippen LogP contribution in [-0.4, -0.2) is 27.2 Å². The third kappa shape index (κ3) is 5.44. The summed E-state index contributed by atoms with van der Waals surface area (Å²) < 4.78 is 40.4. The molecular formula is C15H18ClFNO4S-. The fraction of sp³-hybridized carbons (Fsp3) is 0.533. The summed E-state index contributed by atoms with van der Waals surface area (Å²) in [6, 6.07) is 2.21. The van der Waals surface area contributed by atoms with Crippen molar-refractivity contribution in [3.05, 3.63) is 28.5 Å². The molecule has 1 aliphatic rings. The molecule has 23 heavy (non-hydrogen) atoms. The summed E-state index contributed by atoms with van der Waals surface area (Å²) in [6.07, 6.45) is 5.77. The van der Waals surface area contributed by atoms with Crippen molar-refractivity contribution in [2.75, 3.05) is 12.5 Å². The normalized spacial score (nSPS) is 16.8. The lowest BCUT2D eigenvalue weighted by atomic mass is 9.90. The van der Waals surface area contributed by atoms with Gasteiger partial charge in [-0.3, -0.25) is 9.00 Å². The van der Waals surface area contributed by atoms with E-state index in [-0.39, 0.29) is 16.3 Å². The summed E-state index contributed by atoms with van der Waals surface area (Å²) in [6.45, 7) is 0.472. The van der Waals surface area contributed by atoms with Crippen molar-refractivity contribution in [3.63, 3.8) is 0 Å². The van der Waals surface area contributed by atoms with Crippen LogP contribution in [0.1, 0.15) is 42.5 Å². The molecule has 0 bridgehead atoms. The number of rotatable bonds is 6. The van der Waals surface area contributed by atoms with Gasteiger partial charge in [0.1, 0.15) is 11.6 Å². The standard InChI is InChI=1S/C15H19ClFNO4S/c16-12-6-11(15(19)18-9-23(20)21)13(17)7-14(12)22-8-10-4-2-1-3-5-10/h6-7,10H,1-5,8-9H2,(H,18,19)(H,20,21)/p-1. The lowest BCUT2D eigenvalue weighted by molar-refractivity contribution is 0.0955. The average molecular weight is 363 g/mol. The average Bonchev–Trinajstić information content (AvgIpc) is 2.54. The third-order valence-corrected chi connectivity index (χ3v) is 4.49. The first kappa shape index (κ1) is 18.2. The maximum absolute atomic E-state index is 14.0. The fourth-order valence-electron chi connectivity index (χ4n) is 2.59. The smallest absolute Gasteiger partial charge is 0.255 e. The molecule has 1 aromatic rings. The number of carbonyl (C=O) groups is 1. The Kier molecular flexibility index (Phi) is 6.80. The zero-order valence-electron chi connectivity index (χ0n) is 12.5. The minimum atomic E-state index is -2.44. The Hall–Kier alpha value is -1.18. The van der Waals surface area contributed by atoms with E-state index >= 15 is 0 Å². The highest BCUT2D eigenvalue weighted by Crippen LogP contribution is 2.30. The van der Waals surface area contributed by atoms with Crippen molar-refractivity contribution >= 4 is 28.6 Å². The first-order valence-electron chi connectivity index (χ1n) is 7.43. The van der Waals surface area contributed by atoms with Gasteiger partial charge < -0.3 is 14.6 Å². The molecule has 2 rings (SSSR count). The van der Waals surface area contributed by atoms with Gasteiger partial charge >= 0.3 is 0 Å². The molecule has 0 aromatic heterocycles. The van der Waals surface area contributed by atoms with E-state index in [0.29, 0.717) is 12.5 Å². The van der Waals surface area contributed by atoms with Crippen LogP contribution in [0.5, 0.6) is 5.75 Å². The summed E-state index contributed by atoms with van der Waals surface area (Å²) in [5.41, 5.74) is -0.314. The van der Waals surface area contributed by atoms with E-state index in [9.17, 15) is 17.9 Å². The molecular weight excluding hydrogens is 345 g/mol. The lowest BCUT2D eigenvalue weighted by Gasteiger charge is -2.22. The highest BCUT2D eigenvalue weighted by molar-refractivity contribution is 7.79. The van der Waals surface area contributed by atoms with Gasteiger partial charge in [-0.15, -0.1) is 0 Å². The van der Waals surface area contributed by atoms with E-state index in [2.05, 4.69) is 5.32 Å². The first-order valence-corrected chi connectivity index (χ1v) is 9.05. The molecule has 8 heteroatoms. The largest absolute Gasteiger partial charge is 0.771 e. The van der Waals surface area contributed by atoms with Crippen LogP contribution in [0.4, 0.5) is 4.39 Å². The second-order valence-corrected chi connectivity index (χ2v) is 6.83. The summed E-state index contributed by atoms with van der Waals surface area (Å²) in [4.78, 5) is 11.7. The zero-order chi connectivity index (χ0) is 16.8. The molecule has 1 aromatic carbocycles. The van der Waals surface area contributed by atoms with Crippen LogP contribution in [0.15, 0.2) is 12.1 Å². The topological polar surface area (TPSA) is 78.5 Å². The first-order chi connectivity index (χ1) is 11.0. The van der Waals surface area contributed by atoms with Crippen LogP contribution in [0.25, 0.3) is 0 Å². The second kappa shape index (κ2) is 8.61. The van der Waals surface area contributed by atoms with Crippen LogP contribution >= 0.6 is 11.6 Å². The Morgan fingerprint density at radius 3 is 2.74 bits per heavy atom. The maximum Gasteiger partial charge on any atom is 0.255 e. The van der Waals surface area contributed by atoms with Crippen LogP contribution in [-0.2, 0) is 11.1 Å². The van der Waals surface area contributed by atoms with Gasteiger partial charge in [-0.1, -0.05) is 30.9 Å². The maximum atomic E-state index is 14.0. The molecule has 128 valence electrons. The molecule has 1 saturated carbocycles. The fourth-order valence-corrected chi connectivity index (χ4v) is 3.06.